The van der Waals surface area contributed by atoms with E-state index < -0.39 is 26.8 Å². The normalized spacial score (nSPS) is 12.0. The van der Waals surface area contributed by atoms with Crippen molar-refractivity contribution in [3.63, 3.8) is 0 Å². The number of ether oxygens (including phenoxy) is 1. The fourth-order valence-corrected chi connectivity index (χ4v) is 2.50. The Morgan fingerprint density at radius 2 is 1.61 bits per heavy atom. The van der Waals surface area contributed by atoms with Crippen molar-refractivity contribution in [1.82, 2.24) is 0 Å². The van der Waals surface area contributed by atoms with Gasteiger partial charge in [-0.15, -0.1) is 0 Å². The third-order valence-electron chi connectivity index (χ3n) is 2.88. The minimum atomic E-state index is -5.25. The Morgan fingerprint density at radius 3 is 2.09 bits per heavy atom. The summed E-state index contributed by atoms with van der Waals surface area (Å²) in [5, 5.41) is 0. The van der Waals surface area contributed by atoms with Crippen molar-refractivity contribution in [3.05, 3.63) is 60.2 Å². The summed E-state index contributed by atoms with van der Waals surface area (Å²) in [5.41, 5.74) is -0.770. The van der Waals surface area contributed by atoms with Crippen LogP contribution in [0.25, 0.3) is 6.08 Å². The molecule has 4 nitrogen and oxygen atoms in total. The standard InChI is InChI=1S/C15H11F3O4S/c1-2-10-3-5-11(6-4-10)22-12-7-8-14(23(19,20)21)13(9-12)15(16,17)18/h2-9H,1H2,(H,19,20,21)/p-1. The molecule has 0 aliphatic heterocycles. The highest BCUT2D eigenvalue weighted by molar-refractivity contribution is 7.85. The quantitative estimate of drug-likeness (QED) is 0.786. The highest BCUT2D eigenvalue weighted by Gasteiger charge is 2.35. The van der Waals surface area contributed by atoms with E-state index in [-0.39, 0.29) is 11.5 Å². The van der Waals surface area contributed by atoms with Gasteiger partial charge in [0.2, 0.25) is 0 Å². The fraction of sp³-hybridized carbons (Fsp3) is 0.0667. The molecular weight excluding hydrogens is 333 g/mol. The lowest BCUT2D eigenvalue weighted by molar-refractivity contribution is -0.140. The van der Waals surface area contributed by atoms with E-state index in [2.05, 4.69) is 6.58 Å². The van der Waals surface area contributed by atoms with Crippen LogP contribution in [0.15, 0.2) is 53.9 Å². The van der Waals surface area contributed by atoms with Gasteiger partial charge in [-0.25, -0.2) is 8.42 Å². The number of benzene rings is 2. The van der Waals surface area contributed by atoms with Crippen LogP contribution in [0.2, 0.25) is 0 Å². The van der Waals surface area contributed by atoms with Crippen LogP contribution >= 0.6 is 0 Å². The first-order chi connectivity index (χ1) is 10.6. The van der Waals surface area contributed by atoms with E-state index in [9.17, 15) is 26.1 Å². The Bertz CT molecular complexity index is 825. The zero-order chi connectivity index (χ0) is 17.3. The van der Waals surface area contributed by atoms with E-state index in [0.717, 1.165) is 11.6 Å². The number of rotatable bonds is 4. The zero-order valence-electron chi connectivity index (χ0n) is 11.5. The Kier molecular flexibility index (Phi) is 4.49. The van der Waals surface area contributed by atoms with Gasteiger partial charge in [0.15, 0.2) is 0 Å². The maximum Gasteiger partial charge on any atom is 0.417 e. The van der Waals surface area contributed by atoms with Gasteiger partial charge in [0.25, 0.3) is 0 Å². The van der Waals surface area contributed by atoms with E-state index in [0.29, 0.717) is 12.1 Å². The van der Waals surface area contributed by atoms with E-state index in [1.54, 1.807) is 18.2 Å². The van der Waals surface area contributed by atoms with Gasteiger partial charge < -0.3 is 9.29 Å². The summed E-state index contributed by atoms with van der Waals surface area (Å²) in [7, 11) is -5.25. The molecule has 0 bridgehead atoms. The smallest absolute Gasteiger partial charge is 0.417 e. The summed E-state index contributed by atoms with van der Waals surface area (Å²) in [5.74, 6) is 0.0116. The molecular formula is C15H10F3O4S-. The van der Waals surface area contributed by atoms with Crippen LogP contribution in [0.4, 0.5) is 13.2 Å². The summed E-state index contributed by atoms with van der Waals surface area (Å²) >= 11 is 0. The molecule has 0 fully saturated rings. The highest BCUT2D eigenvalue weighted by Crippen LogP contribution is 2.37. The summed E-state index contributed by atoms with van der Waals surface area (Å²) < 4.78 is 76.8. The first-order valence-electron chi connectivity index (χ1n) is 6.19. The van der Waals surface area contributed by atoms with Crippen molar-refractivity contribution in [2.24, 2.45) is 0 Å². The molecule has 0 N–H and O–H groups in total. The minimum Gasteiger partial charge on any atom is -0.744 e. The predicted molar refractivity (Wildman–Crippen MR) is 76.0 cm³/mol. The molecule has 0 aromatic heterocycles. The zero-order valence-corrected chi connectivity index (χ0v) is 12.3. The third-order valence-corrected chi connectivity index (χ3v) is 3.77. The van der Waals surface area contributed by atoms with Crippen molar-refractivity contribution in [2.45, 2.75) is 11.1 Å². The lowest BCUT2D eigenvalue weighted by atomic mass is 10.2. The van der Waals surface area contributed by atoms with Gasteiger partial charge >= 0.3 is 6.18 Å². The second-order valence-electron chi connectivity index (χ2n) is 4.49. The number of alkyl halides is 3. The van der Waals surface area contributed by atoms with Crippen LogP contribution < -0.4 is 4.74 Å². The number of hydrogen-bond acceptors (Lipinski definition) is 4. The second-order valence-corrected chi connectivity index (χ2v) is 5.83. The molecule has 0 saturated carbocycles. The van der Waals surface area contributed by atoms with Gasteiger partial charge in [0.1, 0.15) is 21.6 Å². The molecule has 122 valence electrons. The molecule has 2 aromatic rings. The van der Waals surface area contributed by atoms with Crippen LogP contribution in [-0.2, 0) is 16.3 Å². The number of hydrogen-bond donors (Lipinski definition) is 0. The lowest BCUT2D eigenvalue weighted by Crippen LogP contribution is -2.13. The molecule has 0 atom stereocenters. The Balaban J connectivity index is 2.42. The largest absolute Gasteiger partial charge is 0.744 e. The van der Waals surface area contributed by atoms with E-state index in [4.69, 9.17) is 4.74 Å². The molecule has 0 spiro atoms. The van der Waals surface area contributed by atoms with E-state index in [1.165, 1.54) is 12.1 Å². The average molecular weight is 343 g/mol. The van der Waals surface area contributed by atoms with Crippen molar-refractivity contribution >= 4 is 16.2 Å². The van der Waals surface area contributed by atoms with Crippen LogP contribution in [0.5, 0.6) is 11.5 Å². The lowest BCUT2D eigenvalue weighted by Gasteiger charge is -2.16. The minimum absolute atomic E-state index is 0.240. The molecule has 0 heterocycles. The Hall–Kier alpha value is -2.32. The topological polar surface area (TPSA) is 66.4 Å². The SMILES string of the molecule is C=Cc1ccc(Oc2ccc(S(=O)(=O)[O-])c(C(F)(F)F)c2)cc1. The van der Waals surface area contributed by atoms with Crippen LogP contribution in [0.3, 0.4) is 0 Å². The molecule has 8 heteroatoms. The first-order valence-corrected chi connectivity index (χ1v) is 7.59. The van der Waals surface area contributed by atoms with Gasteiger partial charge in [0, 0.05) is 0 Å². The van der Waals surface area contributed by atoms with Crippen LogP contribution in [0.1, 0.15) is 11.1 Å². The Labute approximate surface area is 130 Å². The van der Waals surface area contributed by atoms with Gasteiger partial charge in [-0.2, -0.15) is 13.2 Å². The monoisotopic (exact) mass is 343 g/mol. The molecule has 0 aliphatic carbocycles. The molecule has 0 unspecified atom stereocenters. The molecule has 0 radical (unpaired) electrons. The molecule has 2 rings (SSSR count). The summed E-state index contributed by atoms with van der Waals surface area (Å²) in [4.78, 5) is -1.33. The maximum absolute atomic E-state index is 12.9. The maximum atomic E-state index is 12.9. The highest BCUT2D eigenvalue weighted by atomic mass is 32.2. The molecule has 0 amide bonds. The van der Waals surface area contributed by atoms with Gasteiger partial charge in [-0.05, 0) is 35.9 Å². The molecule has 23 heavy (non-hydrogen) atoms. The third kappa shape index (κ3) is 4.11. The Morgan fingerprint density at radius 1 is 1.04 bits per heavy atom. The average Bonchev–Trinajstić information content (AvgIpc) is 2.46. The summed E-state index contributed by atoms with van der Waals surface area (Å²) in [6, 6.07) is 8.37. The molecule has 0 saturated heterocycles. The van der Waals surface area contributed by atoms with Gasteiger partial charge in [-0.3, -0.25) is 0 Å². The fourth-order valence-electron chi connectivity index (χ4n) is 1.82. The molecule has 0 aliphatic rings. The van der Waals surface area contributed by atoms with E-state index in [1.807, 2.05) is 0 Å². The van der Waals surface area contributed by atoms with E-state index >= 15 is 0 Å². The van der Waals surface area contributed by atoms with Gasteiger partial charge in [0.05, 0.1) is 10.5 Å². The molecule has 2 aromatic carbocycles. The number of halogens is 3. The first kappa shape index (κ1) is 17.0. The van der Waals surface area contributed by atoms with Crippen molar-refractivity contribution in [1.29, 1.82) is 0 Å². The van der Waals surface area contributed by atoms with Crippen molar-refractivity contribution < 1.29 is 30.9 Å². The second kappa shape index (κ2) is 6.05. The predicted octanol–water partition coefficient (Wildman–Crippen LogP) is 4.04. The summed E-state index contributed by atoms with van der Waals surface area (Å²) in [6.45, 7) is 3.56. The van der Waals surface area contributed by atoms with Crippen LogP contribution in [-0.4, -0.2) is 13.0 Å². The van der Waals surface area contributed by atoms with Crippen LogP contribution in [0, 0.1) is 0 Å². The van der Waals surface area contributed by atoms with Crippen molar-refractivity contribution in [3.8, 4) is 11.5 Å². The summed E-state index contributed by atoms with van der Waals surface area (Å²) in [6.07, 6.45) is -3.42. The van der Waals surface area contributed by atoms with Gasteiger partial charge in [-0.1, -0.05) is 24.8 Å². The van der Waals surface area contributed by atoms with Crippen molar-refractivity contribution in [2.75, 3.05) is 0 Å².